The Morgan fingerprint density at radius 3 is 2.13 bits per heavy atom. The van der Waals surface area contributed by atoms with Crippen molar-refractivity contribution in [3.05, 3.63) is 35.4 Å². The summed E-state index contributed by atoms with van der Waals surface area (Å²) in [6.45, 7) is 6.55. The molecule has 1 saturated heterocycles. The second-order valence-electron chi connectivity index (χ2n) is 7.13. The highest BCUT2D eigenvalue weighted by molar-refractivity contribution is 5.79. The van der Waals surface area contributed by atoms with Gasteiger partial charge in [0.05, 0.1) is 0 Å². The van der Waals surface area contributed by atoms with E-state index in [1.54, 1.807) is 0 Å². The fourth-order valence-corrected chi connectivity index (χ4v) is 3.17. The first-order valence-electron chi connectivity index (χ1n) is 8.62. The van der Waals surface area contributed by atoms with Gasteiger partial charge in [0, 0.05) is 41.3 Å². The van der Waals surface area contributed by atoms with E-state index in [1.807, 2.05) is 0 Å². The van der Waals surface area contributed by atoms with Gasteiger partial charge in [-0.3, -0.25) is 9.89 Å². The molecule has 1 aliphatic heterocycles. The van der Waals surface area contributed by atoms with Gasteiger partial charge in [0.1, 0.15) is 0 Å². The van der Waals surface area contributed by atoms with E-state index in [2.05, 4.69) is 74.1 Å². The fraction of sp³-hybridized carbons (Fsp3) is 0.632. The standard InChI is InChI=1S/C19H32N4/c1-16-6-8-18(9-7-16)15-23-12-10-17(11-13-23)14-20-19(21(2)3)22(4)5/h6-9,17H,10-15H2,1-5H3. The Morgan fingerprint density at radius 2 is 1.61 bits per heavy atom. The van der Waals surface area contributed by atoms with Crippen LogP contribution in [0.3, 0.4) is 0 Å². The van der Waals surface area contributed by atoms with Gasteiger partial charge in [0.2, 0.25) is 0 Å². The number of likely N-dealkylation sites (tertiary alicyclic amines) is 1. The molecule has 0 N–H and O–H groups in total. The van der Waals surface area contributed by atoms with Gasteiger partial charge in [-0.25, -0.2) is 0 Å². The van der Waals surface area contributed by atoms with Crippen LogP contribution in [-0.4, -0.2) is 68.5 Å². The molecule has 0 saturated carbocycles. The lowest BCUT2D eigenvalue weighted by Gasteiger charge is -2.32. The second kappa shape index (κ2) is 8.34. The lowest BCUT2D eigenvalue weighted by atomic mass is 9.96. The monoisotopic (exact) mass is 316 g/mol. The Labute approximate surface area is 141 Å². The number of nitrogens with zero attached hydrogens (tertiary/aromatic N) is 4. The van der Waals surface area contributed by atoms with Crippen LogP contribution in [0.1, 0.15) is 24.0 Å². The number of hydrogen-bond donors (Lipinski definition) is 0. The molecule has 1 fully saturated rings. The maximum Gasteiger partial charge on any atom is 0.195 e. The minimum absolute atomic E-state index is 0.721. The average molecular weight is 316 g/mol. The highest BCUT2D eigenvalue weighted by Crippen LogP contribution is 2.19. The molecule has 128 valence electrons. The van der Waals surface area contributed by atoms with Crippen LogP contribution in [0.5, 0.6) is 0 Å². The van der Waals surface area contributed by atoms with Crippen molar-refractivity contribution in [3.8, 4) is 0 Å². The van der Waals surface area contributed by atoms with E-state index >= 15 is 0 Å². The van der Waals surface area contributed by atoms with E-state index in [0.717, 1.165) is 25.0 Å². The van der Waals surface area contributed by atoms with Crippen molar-refractivity contribution in [1.82, 2.24) is 14.7 Å². The zero-order chi connectivity index (χ0) is 16.8. The highest BCUT2D eigenvalue weighted by atomic mass is 15.3. The highest BCUT2D eigenvalue weighted by Gasteiger charge is 2.19. The average Bonchev–Trinajstić information content (AvgIpc) is 2.51. The molecule has 1 aliphatic rings. The van der Waals surface area contributed by atoms with Crippen LogP contribution >= 0.6 is 0 Å². The summed E-state index contributed by atoms with van der Waals surface area (Å²) in [6, 6.07) is 8.93. The second-order valence-corrected chi connectivity index (χ2v) is 7.13. The zero-order valence-corrected chi connectivity index (χ0v) is 15.4. The minimum atomic E-state index is 0.721. The predicted molar refractivity (Wildman–Crippen MR) is 98.9 cm³/mol. The number of aryl methyl sites for hydroxylation is 1. The zero-order valence-electron chi connectivity index (χ0n) is 15.4. The van der Waals surface area contributed by atoms with Crippen LogP contribution in [0.4, 0.5) is 0 Å². The molecule has 1 heterocycles. The van der Waals surface area contributed by atoms with Crippen molar-refractivity contribution < 1.29 is 0 Å². The maximum absolute atomic E-state index is 4.82. The molecule has 23 heavy (non-hydrogen) atoms. The molecule has 0 spiro atoms. The normalized spacial score (nSPS) is 16.2. The van der Waals surface area contributed by atoms with Crippen LogP contribution in [0.2, 0.25) is 0 Å². The van der Waals surface area contributed by atoms with Gasteiger partial charge in [-0.2, -0.15) is 0 Å². The van der Waals surface area contributed by atoms with Crippen molar-refractivity contribution in [3.63, 3.8) is 0 Å². The molecule has 1 aromatic rings. The molecule has 0 bridgehead atoms. The first-order chi connectivity index (χ1) is 11.0. The summed E-state index contributed by atoms with van der Waals surface area (Å²) in [4.78, 5) is 11.6. The molecule has 0 atom stereocenters. The number of piperidine rings is 1. The summed E-state index contributed by atoms with van der Waals surface area (Å²) in [5.41, 5.74) is 2.76. The van der Waals surface area contributed by atoms with Crippen LogP contribution in [0.15, 0.2) is 29.3 Å². The van der Waals surface area contributed by atoms with Gasteiger partial charge >= 0.3 is 0 Å². The van der Waals surface area contributed by atoms with Crippen LogP contribution in [0, 0.1) is 12.8 Å². The number of aliphatic imine (C=N–C) groups is 1. The first kappa shape index (κ1) is 17.8. The predicted octanol–water partition coefficient (Wildman–Crippen LogP) is 2.69. The Hall–Kier alpha value is -1.55. The van der Waals surface area contributed by atoms with Crippen molar-refractivity contribution in [1.29, 1.82) is 0 Å². The molecule has 0 aromatic heterocycles. The molecule has 4 heteroatoms. The summed E-state index contributed by atoms with van der Waals surface area (Å²) >= 11 is 0. The SMILES string of the molecule is Cc1ccc(CN2CCC(CN=C(N(C)C)N(C)C)CC2)cc1. The quantitative estimate of drug-likeness (QED) is 0.630. The molecule has 0 aliphatic carbocycles. The Morgan fingerprint density at radius 1 is 1.04 bits per heavy atom. The largest absolute Gasteiger partial charge is 0.349 e. The van der Waals surface area contributed by atoms with E-state index in [-0.39, 0.29) is 0 Å². The third-order valence-corrected chi connectivity index (χ3v) is 4.52. The third-order valence-electron chi connectivity index (χ3n) is 4.52. The lowest BCUT2D eigenvalue weighted by molar-refractivity contribution is 0.180. The smallest absolute Gasteiger partial charge is 0.195 e. The molecular formula is C19H32N4. The van der Waals surface area contributed by atoms with Gasteiger partial charge in [0.25, 0.3) is 0 Å². The molecule has 4 nitrogen and oxygen atoms in total. The summed E-state index contributed by atoms with van der Waals surface area (Å²) in [6.07, 6.45) is 2.51. The van der Waals surface area contributed by atoms with E-state index in [4.69, 9.17) is 4.99 Å². The Kier molecular flexibility index (Phi) is 6.46. The first-order valence-corrected chi connectivity index (χ1v) is 8.62. The van der Waals surface area contributed by atoms with Crippen molar-refractivity contribution in [2.75, 3.05) is 47.8 Å². The molecule has 0 radical (unpaired) electrons. The lowest BCUT2D eigenvalue weighted by Crippen LogP contribution is -2.37. The number of rotatable bonds is 4. The molecule has 2 rings (SSSR count). The number of guanidine groups is 1. The van der Waals surface area contributed by atoms with Crippen LogP contribution in [0.25, 0.3) is 0 Å². The summed E-state index contributed by atoms with van der Waals surface area (Å²) < 4.78 is 0. The van der Waals surface area contributed by atoms with E-state index in [1.165, 1.54) is 37.1 Å². The van der Waals surface area contributed by atoms with Crippen molar-refractivity contribution in [2.45, 2.75) is 26.3 Å². The van der Waals surface area contributed by atoms with E-state index in [0.29, 0.717) is 0 Å². The number of hydrogen-bond acceptors (Lipinski definition) is 2. The van der Waals surface area contributed by atoms with Gasteiger partial charge in [-0.15, -0.1) is 0 Å². The van der Waals surface area contributed by atoms with Gasteiger partial charge in [0.15, 0.2) is 5.96 Å². The van der Waals surface area contributed by atoms with E-state index in [9.17, 15) is 0 Å². The van der Waals surface area contributed by atoms with Gasteiger partial charge < -0.3 is 9.80 Å². The van der Waals surface area contributed by atoms with Crippen molar-refractivity contribution in [2.24, 2.45) is 10.9 Å². The Balaban J connectivity index is 1.79. The molecule has 0 amide bonds. The van der Waals surface area contributed by atoms with Gasteiger partial charge in [-0.1, -0.05) is 29.8 Å². The molecular weight excluding hydrogens is 284 g/mol. The summed E-state index contributed by atoms with van der Waals surface area (Å²) in [5, 5.41) is 0. The maximum atomic E-state index is 4.82. The molecule has 1 aromatic carbocycles. The van der Waals surface area contributed by atoms with E-state index < -0.39 is 0 Å². The summed E-state index contributed by atoms with van der Waals surface area (Å²) in [5.74, 6) is 1.78. The van der Waals surface area contributed by atoms with Crippen LogP contribution in [-0.2, 0) is 6.54 Å². The third kappa shape index (κ3) is 5.54. The van der Waals surface area contributed by atoms with Crippen LogP contribution < -0.4 is 0 Å². The topological polar surface area (TPSA) is 22.1 Å². The summed E-state index contributed by atoms with van der Waals surface area (Å²) in [7, 11) is 8.23. The molecule has 0 unspecified atom stereocenters. The minimum Gasteiger partial charge on any atom is -0.349 e. The fourth-order valence-electron chi connectivity index (χ4n) is 3.17. The Bertz CT molecular complexity index is 487. The van der Waals surface area contributed by atoms with Gasteiger partial charge in [-0.05, 0) is 44.3 Å². The van der Waals surface area contributed by atoms with Crippen molar-refractivity contribution >= 4 is 5.96 Å². The number of benzene rings is 1.